The molecule has 0 aromatic carbocycles. The zero-order valence-electron chi connectivity index (χ0n) is 9.85. The number of hydrogen-bond donors (Lipinski definition) is 6. The molecule has 10 heteroatoms. The number of carboxylic acids is 2. The summed E-state index contributed by atoms with van der Waals surface area (Å²) in [4.78, 5) is 32.5. The van der Waals surface area contributed by atoms with E-state index >= 15 is 0 Å². The van der Waals surface area contributed by atoms with Crippen molar-refractivity contribution >= 4 is 32.8 Å². The maximum absolute atomic E-state index is 11.2. The number of hydrogen-bond acceptors (Lipinski definition) is 6. The molecule has 0 aromatic heterocycles. The topological polar surface area (TPSA) is 170 Å². The quantitative estimate of drug-likeness (QED) is 0.239. The van der Waals surface area contributed by atoms with Gasteiger partial charge in [-0.2, -0.15) is 0 Å². The van der Waals surface area contributed by atoms with Crippen molar-refractivity contribution < 1.29 is 34.8 Å². The van der Waals surface area contributed by atoms with Gasteiger partial charge in [0, 0.05) is 0 Å². The van der Waals surface area contributed by atoms with Crippen LogP contribution in [0.3, 0.4) is 0 Å². The van der Waals surface area contributed by atoms with Gasteiger partial charge in [-0.1, -0.05) is 0 Å². The van der Waals surface area contributed by atoms with Gasteiger partial charge in [0.2, 0.25) is 0 Å². The molecule has 110 valence electrons. The van der Waals surface area contributed by atoms with Gasteiger partial charge in [-0.05, 0) is 0 Å². The Morgan fingerprint density at radius 3 is 2.16 bits per heavy atom. The van der Waals surface area contributed by atoms with Crippen molar-refractivity contribution in [2.75, 3.05) is 6.61 Å². The first-order chi connectivity index (χ1) is 8.79. The molecule has 0 rings (SSSR count). The van der Waals surface area contributed by atoms with E-state index in [1.54, 1.807) is 0 Å². The van der Waals surface area contributed by atoms with Crippen LogP contribution >= 0.6 is 0 Å². The molecular formula is C9H16N2O7Se. The van der Waals surface area contributed by atoms with Crippen LogP contribution in [0.25, 0.3) is 0 Å². The fourth-order valence-electron chi connectivity index (χ4n) is 0.910. The van der Waals surface area contributed by atoms with Gasteiger partial charge in [0.1, 0.15) is 0 Å². The predicted molar refractivity (Wildman–Crippen MR) is 63.6 cm³/mol. The maximum atomic E-state index is 11.2. The summed E-state index contributed by atoms with van der Waals surface area (Å²) < 4.78 is 0. The number of carbonyl (C=O) groups excluding carboxylic acids is 1. The van der Waals surface area contributed by atoms with E-state index in [1.807, 2.05) is 5.32 Å². The van der Waals surface area contributed by atoms with E-state index in [1.165, 1.54) is 0 Å². The minimum absolute atomic E-state index is 0.0349. The third-order valence-corrected chi connectivity index (χ3v) is 4.43. The second-order valence-corrected chi connectivity index (χ2v) is 5.84. The van der Waals surface area contributed by atoms with Gasteiger partial charge < -0.3 is 0 Å². The van der Waals surface area contributed by atoms with Crippen LogP contribution in [-0.4, -0.2) is 78.0 Å². The second kappa shape index (κ2) is 8.83. The van der Waals surface area contributed by atoms with Gasteiger partial charge in [0.15, 0.2) is 0 Å². The molecule has 19 heavy (non-hydrogen) atoms. The normalized spacial score (nSPS) is 15.3. The second-order valence-electron chi connectivity index (χ2n) is 3.58. The first-order valence-corrected chi connectivity index (χ1v) is 7.60. The number of carboxylic acid groups (broad SMARTS) is 2. The molecule has 3 atom stereocenters. The van der Waals surface area contributed by atoms with Gasteiger partial charge in [-0.25, -0.2) is 0 Å². The Hall–Kier alpha value is -1.19. The number of nitrogens with two attached hydrogens (primary N) is 1. The van der Waals surface area contributed by atoms with Crippen molar-refractivity contribution in [2.24, 2.45) is 5.73 Å². The number of amides is 1. The van der Waals surface area contributed by atoms with Crippen LogP contribution < -0.4 is 11.1 Å². The number of aliphatic carboxylic acids is 2. The summed E-state index contributed by atoms with van der Waals surface area (Å²) in [6.07, 6.45) is -1.68. The van der Waals surface area contributed by atoms with E-state index < -0.39 is 57.6 Å². The summed E-state index contributed by atoms with van der Waals surface area (Å²) in [5, 5.41) is 37.1. The van der Waals surface area contributed by atoms with E-state index in [0.29, 0.717) is 0 Å². The average Bonchev–Trinajstić information content (AvgIpc) is 2.35. The van der Waals surface area contributed by atoms with E-state index in [0.717, 1.165) is 0 Å². The SMILES string of the molecule is NC(C[Se]CC(NC(=O)C(O)CO)C(=O)O)C(=O)O. The summed E-state index contributed by atoms with van der Waals surface area (Å²) in [6.45, 7) is -0.812. The zero-order chi connectivity index (χ0) is 15.0. The van der Waals surface area contributed by atoms with E-state index in [9.17, 15) is 14.4 Å². The molecule has 0 fully saturated rings. The summed E-state index contributed by atoms with van der Waals surface area (Å²) in [7, 11) is 0. The van der Waals surface area contributed by atoms with Crippen LogP contribution in [0, 0.1) is 0 Å². The van der Waals surface area contributed by atoms with Gasteiger partial charge in [-0.15, -0.1) is 0 Å². The standard InChI is InChI=1S/C9H16N2O7Se/c10-4(8(15)16)2-19-3-5(9(17)18)11-7(14)6(13)1-12/h4-6,12-13H,1-3,10H2,(H,11,14)(H,15,16)(H,17,18). The third kappa shape index (κ3) is 7.09. The van der Waals surface area contributed by atoms with Crippen molar-refractivity contribution in [2.45, 2.75) is 28.8 Å². The van der Waals surface area contributed by atoms with E-state index in [4.69, 9.17) is 26.2 Å². The molecule has 1 amide bonds. The Kier molecular flexibility index (Phi) is 8.28. The fourth-order valence-corrected chi connectivity index (χ4v) is 3.00. The Morgan fingerprint density at radius 1 is 1.16 bits per heavy atom. The summed E-state index contributed by atoms with van der Waals surface area (Å²) in [6, 6.07) is -2.30. The molecule has 0 bridgehead atoms. The van der Waals surface area contributed by atoms with Crippen molar-refractivity contribution in [3.63, 3.8) is 0 Å². The van der Waals surface area contributed by atoms with Crippen LogP contribution in [0.15, 0.2) is 0 Å². The minimum atomic E-state index is -1.68. The van der Waals surface area contributed by atoms with Crippen LogP contribution in [0.2, 0.25) is 10.6 Å². The van der Waals surface area contributed by atoms with Crippen LogP contribution in [0.1, 0.15) is 0 Å². The van der Waals surface area contributed by atoms with E-state index in [-0.39, 0.29) is 10.6 Å². The average molecular weight is 343 g/mol. The molecular weight excluding hydrogens is 327 g/mol. The Labute approximate surface area is 114 Å². The first-order valence-electron chi connectivity index (χ1n) is 5.17. The Bertz CT molecular complexity index is 339. The molecule has 0 heterocycles. The number of rotatable bonds is 9. The zero-order valence-corrected chi connectivity index (χ0v) is 11.6. The molecule has 0 aliphatic carbocycles. The molecule has 7 N–H and O–H groups in total. The number of aliphatic hydroxyl groups is 2. The fraction of sp³-hybridized carbons (Fsp3) is 0.667. The van der Waals surface area contributed by atoms with Crippen molar-refractivity contribution in [3.05, 3.63) is 0 Å². The van der Waals surface area contributed by atoms with Crippen molar-refractivity contribution in [1.82, 2.24) is 5.32 Å². The first kappa shape index (κ1) is 17.8. The summed E-state index contributed by atoms with van der Waals surface area (Å²) >= 11 is -0.391. The van der Waals surface area contributed by atoms with Crippen LogP contribution in [0.4, 0.5) is 0 Å². The Morgan fingerprint density at radius 2 is 1.74 bits per heavy atom. The molecule has 0 saturated carbocycles. The molecule has 0 aliphatic rings. The predicted octanol–water partition coefficient (Wildman–Crippen LogP) is -3.14. The molecule has 9 nitrogen and oxygen atoms in total. The molecule has 0 spiro atoms. The van der Waals surface area contributed by atoms with Gasteiger partial charge in [0.05, 0.1) is 0 Å². The van der Waals surface area contributed by atoms with Gasteiger partial charge in [-0.3, -0.25) is 0 Å². The molecule has 3 unspecified atom stereocenters. The van der Waals surface area contributed by atoms with Crippen molar-refractivity contribution in [3.8, 4) is 0 Å². The summed E-state index contributed by atoms with van der Waals surface area (Å²) in [5.74, 6) is -3.47. The third-order valence-electron chi connectivity index (χ3n) is 1.99. The molecule has 0 radical (unpaired) electrons. The monoisotopic (exact) mass is 344 g/mol. The number of nitrogens with one attached hydrogen (secondary N) is 1. The Balaban J connectivity index is 4.24. The van der Waals surface area contributed by atoms with Gasteiger partial charge in [0.25, 0.3) is 0 Å². The van der Waals surface area contributed by atoms with Crippen LogP contribution in [-0.2, 0) is 14.4 Å². The van der Waals surface area contributed by atoms with Crippen LogP contribution in [0.5, 0.6) is 0 Å². The van der Waals surface area contributed by atoms with Crippen molar-refractivity contribution in [1.29, 1.82) is 0 Å². The van der Waals surface area contributed by atoms with Gasteiger partial charge >= 0.3 is 114 Å². The summed E-state index contributed by atoms with van der Waals surface area (Å²) in [5.41, 5.74) is 5.26. The number of aliphatic hydroxyl groups excluding tert-OH is 2. The molecule has 0 aliphatic heterocycles. The molecule has 0 saturated heterocycles. The molecule has 0 aromatic rings. The number of carbonyl (C=O) groups is 3. The van der Waals surface area contributed by atoms with E-state index in [2.05, 4.69) is 0 Å².